The molecule has 1 atom stereocenters. The summed E-state index contributed by atoms with van der Waals surface area (Å²) in [4.78, 5) is 12.1. The molecule has 0 fully saturated rings. The van der Waals surface area contributed by atoms with Gasteiger partial charge in [-0.05, 0) is 48.9 Å². The van der Waals surface area contributed by atoms with Gasteiger partial charge in [0.1, 0.15) is 5.75 Å². The summed E-state index contributed by atoms with van der Waals surface area (Å²) in [6, 6.07) is 12.2. The molecule has 0 aliphatic heterocycles. The lowest BCUT2D eigenvalue weighted by Crippen LogP contribution is -2.31. The Hall–Kier alpha value is -2.89. The molecule has 24 heavy (non-hydrogen) atoms. The molecule has 6 nitrogen and oxygen atoms in total. The summed E-state index contributed by atoms with van der Waals surface area (Å²) < 4.78 is 15.6. The molecule has 0 saturated carbocycles. The van der Waals surface area contributed by atoms with Gasteiger partial charge in [-0.3, -0.25) is 0 Å². The van der Waals surface area contributed by atoms with E-state index in [1.165, 1.54) is 0 Å². The number of benzene rings is 2. The lowest BCUT2D eigenvalue weighted by molar-refractivity contribution is 0.249. The van der Waals surface area contributed by atoms with E-state index >= 15 is 0 Å². The molecule has 2 aromatic carbocycles. The van der Waals surface area contributed by atoms with Gasteiger partial charge in [0.15, 0.2) is 11.5 Å². The highest BCUT2D eigenvalue weighted by Gasteiger charge is 2.12. The predicted octanol–water partition coefficient (Wildman–Crippen LogP) is 3.60. The number of carbonyl (C=O) groups is 1. The molecule has 2 N–H and O–H groups in total. The van der Waals surface area contributed by atoms with E-state index in [1.54, 1.807) is 45.6 Å². The van der Waals surface area contributed by atoms with Gasteiger partial charge < -0.3 is 24.8 Å². The molecule has 0 bridgehead atoms. The minimum atomic E-state index is -0.289. The van der Waals surface area contributed by atoms with Gasteiger partial charge in [0, 0.05) is 5.69 Å². The molecule has 0 aromatic heterocycles. The fraction of sp³-hybridized carbons (Fsp3) is 0.278. The number of amides is 2. The van der Waals surface area contributed by atoms with Crippen molar-refractivity contribution < 1.29 is 19.0 Å². The maximum Gasteiger partial charge on any atom is 0.319 e. The van der Waals surface area contributed by atoms with Crippen molar-refractivity contribution in [2.24, 2.45) is 0 Å². The van der Waals surface area contributed by atoms with Crippen LogP contribution in [0.1, 0.15) is 18.5 Å². The third kappa shape index (κ3) is 4.32. The van der Waals surface area contributed by atoms with Gasteiger partial charge in [0.2, 0.25) is 0 Å². The number of urea groups is 1. The second kappa shape index (κ2) is 8.10. The summed E-state index contributed by atoms with van der Waals surface area (Å²) in [5, 5.41) is 5.67. The van der Waals surface area contributed by atoms with Gasteiger partial charge in [-0.25, -0.2) is 4.79 Å². The van der Waals surface area contributed by atoms with Crippen LogP contribution in [0.5, 0.6) is 17.2 Å². The SMILES string of the molecule is COc1ccc(NC(=O)N[C@H](C)c2ccc(OC)c(OC)c2)cc1. The molecule has 2 amide bonds. The molecule has 0 spiro atoms. The summed E-state index contributed by atoms with van der Waals surface area (Å²) in [7, 11) is 4.76. The van der Waals surface area contributed by atoms with E-state index in [-0.39, 0.29) is 12.1 Å². The largest absolute Gasteiger partial charge is 0.497 e. The predicted molar refractivity (Wildman–Crippen MR) is 93.1 cm³/mol. The average molecular weight is 330 g/mol. The molecule has 0 aliphatic carbocycles. The van der Waals surface area contributed by atoms with Gasteiger partial charge in [0.25, 0.3) is 0 Å². The van der Waals surface area contributed by atoms with Crippen molar-refractivity contribution in [2.75, 3.05) is 26.6 Å². The molecular formula is C18H22N2O4. The lowest BCUT2D eigenvalue weighted by atomic mass is 10.1. The molecule has 0 heterocycles. The number of carbonyl (C=O) groups excluding carboxylic acids is 1. The molecule has 6 heteroatoms. The Bertz CT molecular complexity index is 686. The first-order chi connectivity index (χ1) is 11.6. The summed E-state index contributed by atoms with van der Waals surface area (Å²) in [5.74, 6) is 2.01. The van der Waals surface area contributed by atoms with E-state index < -0.39 is 0 Å². The number of ether oxygens (including phenoxy) is 3. The molecule has 0 saturated heterocycles. The fourth-order valence-electron chi connectivity index (χ4n) is 2.24. The Labute approximate surface area is 141 Å². The van der Waals surface area contributed by atoms with Crippen LogP contribution in [0.4, 0.5) is 10.5 Å². The number of anilines is 1. The smallest absolute Gasteiger partial charge is 0.319 e. The first-order valence-corrected chi connectivity index (χ1v) is 7.51. The van der Waals surface area contributed by atoms with E-state index in [9.17, 15) is 4.79 Å². The number of hydrogen-bond donors (Lipinski definition) is 2. The quantitative estimate of drug-likeness (QED) is 0.849. The Morgan fingerprint density at radius 3 is 2.17 bits per heavy atom. The van der Waals surface area contributed by atoms with Crippen LogP contribution in [0.15, 0.2) is 42.5 Å². The minimum absolute atomic E-state index is 0.192. The summed E-state index contributed by atoms with van der Waals surface area (Å²) in [6.07, 6.45) is 0. The highest BCUT2D eigenvalue weighted by Crippen LogP contribution is 2.29. The van der Waals surface area contributed by atoms with Crippen molar-refractivity contribution >= 4 is 11.7 Å². The third-order valence-corrected chi connectivity index (χ3v) is 3.60. The van der Waals surface area contributed by atoms with Gasteiger partial charge in [0.05, 0.1) is 27.4 Å². The second-order valence-corrected chi connectivity index (χ2v) is 5.16. The standard InChI is InChI=1S/C18H22N2O4/c1-12(13-5-10-16(23-3)17(11-13)24-4)19-18(21)20-14-6-8-15(22-2)9-7-14/h5-12H,1-4H3,(H2,19,20,21)/t12-/m1/s1. The van der Waals surface area contributed by atoms with E-state index in [0.717, 1.165) is 11.3 Å². The molecule has 2 aromatic rings. The van der Waals surface area contributed by atoms with Crippen LogP contribution in [0.2, 0.25) is 0 Å². The van der Waals surface area contributed by atoms with Crippen molar-refractivity contribution in [3.05, 3.63) is 48.0 Å². The number of nitrogens with one attached hydrogen (secondary N) is 2. The molecule has 0 unspecified atom stereocenters. The molecular weight excluding hydrogens is 308 g/mol. The van der Waals surface area contributed by atoms with E-state index in [1.807, 2.05) is 25.1 Å². The topological polar surface area (TPSA) is 68.8 Å². The van der Waals surface area contributed by atoms with Crippen LogP contribution < -0.4 is 24.8 Å². The maximum atomic E-state index is 12.1. The van der Waals surface area contributed by atoms with Crippen molar-refractivity contribution in [1.29, 1.82) is 0 Å². The zero-order chi connectivity index (χ0) is 17.5. The van der Waals surface area contributed by atoms with Gasteiger partial charge >= 0.3 is 6.03 Å². The van der Waals surface area contributed by atoms with E-state index in [0.29, 0.717) is 17.2 Å². The van der Waals surface area contributed by atoms with Crippen LogP contribution in [0.3, 0.4) is 0 Å². The fourth-order valence-corrected chi connectivity index (χ4v) is 2.24. The van der Waals surface area contributed by atoms with Crippen molar-refractivity contribution in [3.8, 4) is 17.2 Å². The maximum absolute atomic E-state index is 12.1. The van der Waals surface area contributed by atoms with Crippen molar-refractivity contribution in [2.45, 2.75) is 13.0 Å². The first-order valence-electron chi connectivity index (χ1n) is 7.51. The normalized spacial score (nSPS) is 11.3. The Morgan fingerprint density at radius 2 is 1.58 bits per heavy atom. The van der Waals surface area contributed by atoms with Crippen molar-refractivity contribution in [1.82, 2.24) is 5.32 Å². The number of methoxy groups -OCH3 is 3. The minimum Gasteiger partial charge on any atom is -0.497 e. The van der Waals surface area contributed by atoms with Crippen LogP contribution >= 0.6 is 0 Å². The van der Waals surface area contributed by atoms with Crippen molar-refractivity contribution in [3.63, 3.8) is 0 Å². The highest BCUT2D eigenvalue weighted by atomic mass is 16.5. The average Bonchev–Trinajstić information content (AvgIpc) is 2.61. The molecule has 0 aliphatic rings. The number of rotatable bonds is 6. The van der Waals surface area contributed by atoms with E-state index in [4.69, 9.17) is 14.2 Å². The number of hydrogen-bond acceptors (Lipinski definition) is 4. The molecule has 128 valence electrons. The zero-order valence-corrected chi connectivity index (χ0v) is 14.3. The van der Waals surface area contributed by atoms with Crippen LogP contribution in [0, 0.1) is 0 Å². The summed E-state index contributed by atoms with van der Waals surface area (Å²) >= 11 is 0. The monoisotopic (exact) mass is 330 g/mol. The van der Waals surface area contributed by atoms with Crippen LogP contribution in [-0.4, -0.2) is 27.4 Å². The highest BCUT2D eigenvalue weighted by molar-refractivity contribution is 5.89. The van der Waals surface area contributed by atoms with Crippen LogP contribution in [-0.2, 0) is 0 Å². The second-order valence-electron chi connectivity index (χ2n) is 5.16. The molecule has 0 radical (unpaired) electrons. The summed E-state index contributed by atoms with van der Waals surface area (Å²) in [5.41, 5.74) is 1.60. The summed E-state index contributed by atoms with van der Waals surface area (Å²) in [6.45, 7) is 1.90. The molecule has 2 rings (SSSR count). The third-order valence-electron chi connectivity index (χ3n) is 3.60. The first kappa shape index (κ1) is 17.5. The van der Waals surface area contributed by atoms with E-state index in [2.05, 4.69) is 10.6 Å². The van der Waals surface area contributed by atoms with Gasteiger partial charge in [-0.1, -0.05) is 6.07 Å². The zero-order valence-electron chi connectivity index (χ0n) is 14.3. The Balaban J connectivity index is 2.00. The van der Waals surface area contributed by atoms with Crippen LogP contribution in [0.25, 0.3) is 0 Å². The lowest BCUT2D eigenvalue weighted by Gasteiger charge is -2.17. The Morgan fingerprint density at radius 1 is 0.917 bits per heavy atom. The Kier molecular flexibility index (Phi) is 5.89. The van der Waals surface area contributed by atoms with Gasteiger partial charge in [-0.2, -0.15) is 0 Å². The van der Waals surface area contributed by atoms with Gasteiger partial charge in [-0.15, -0.1) is 0 Å².